The van der Waals surface area contributed by atoms with Gasteiger partial charge in [-0.1, -0.05) is 58.1 Å². The molecule has 2 atom stereocenters. The zero-order valence-electron chi connectivity index (χ0n) is 13.9. The van der Waals surface area contributed by atoms with Crippen LogP contribution in [0.4, 0.5) is 0 Å². The molecule has 27 heavy (non-hydrogen) atoms. The first-order valence-electron chi connectivity index (χ1n) is 8.61. The molecule has 132 valence electrons. The van der Waals surface area contributed by atoms with E-state index in [1.807, 2.05) is 35.3 Å². The third-order valence-electron chi connectivity index (χ3n) is 5.26. The number of fused-ring (bicyclic) bond motifs is 4. The van der Waals surface area contributed by atoms with E-state index in [9.17, 15) is 0 Å². The molecule has 0 bridgehead atoms. The van der Waals surface area contributed by atoms with Crippen LogP contribution < -0.4 is 20.9 Å². The molecule has 5 heteroatoms. The molecule has 6 rings (SSSR count). The van der Waals surface area contributed by atoms with Crippen LogP contribution in [-0.2, 0) is 0 Å². The highest BCUT2D eigenvalue weighted by Crippen LogP contribution is 2.37. The Morgan fingerprint density at radius 2 is 1.67 bits per heavy atom. The highest BCUT2D eigenvalue weighted by atomic mass is 79.9. The molecule has 0 amide bonds. The molecular weight excluding hydrogens is 520 g/mol. The number of hydrogen-bond donors (Lipinski definition) is 0. The van der Waals surface area contributed by atoms with Crippen molar-refractivity contribution in [1.82, 2.24) is 0 Å². The van der Waals surface area contributed by atoms with E-state index in [2.05, 4.69) is 91.2 Å². The van der Waals surface area contributed by atoms with E-state index in [1.165, 1.54) is 46.3 Å². The van der Waals surface area contributed by atoms with Crippen LogP contribution in [0, 0.1) is 0 Å². The van der Waals surface area contributed by atoms with E-state index in [0.717, 1.165) is 4.47 Å². The lowest BCUT2D eigenvalue weighted by molar-refractivity contribution is 1.26. The van der Waals surface area contributed by atoms with Crippen LogP contribution in [0.5, 0.6) is 0 Å². The Morgan fingerprint density at radius 3 is 2.52 bits per heavy atom. The average molecular weight is 532 g/mol. The monoisotopic (exact) mass is 530 g/mol. The van der Waals surface area contributed by atoms with Crippen molar-refractivity contribution in [3.05, 3.63) is 77.1 Å². The Morgan fingerprint density at radius 1 is 0.889 bits per heavy atom. The van der Waals surface area contributed by atoms with Gasteiger partial charge >= 0.3 is 0 Å². The van der Waals surface area contributed by atoms with Crippen molar-refractivity contribution in [3.63, 3.8) is 0 Å². The summed E-state index contributed by atoms with van der Waals surface area (Å²) in [5, 5.41) is 10.9. The van der Waals surface area contributed by atoms with Gasteiger partial charge in [-0.2, -0.15) is 0 Å². The number of hydrogen-bond acceptors (Lipinski definition) is 3. The number of halogens is 2. The van der Waals surface area contributed by atoms with E-state index in [-0.39, 0.29) is 0 Å². The third-order valence-corrected chi connectivity index (χ3v) is 9.78. The quantitative estimate of drug-likeness (QED) is 0.559. The summed E-state index contributed by atoms with van der Waals surface area (Å²) < 4.78 is 2.32. The predicted octanol–water partition coefficient (Wildman–Crippen LogP) is 4.51. The molecule has 0 nitrogen and oxygen atoms in total. The summed E-state index contributed by atoms with van der Waals surface area (Å²) in [6.45, 7) is 0. The Kier molecular flexibility index (Phi) is 4.14. The standard InChI is InChI=1S/C22H12Br2S3/c23-12-7-11-8-18-15(4-6-25-18)21(11)20(9-12)27-22-16-10-19-14(3-5-26-19)13(16)1-2-17(22)24/h1-10,18-19H. The normalized spacial score (nSPS) is 23.2. The Labute approximate surface area is 186 Å². The van der Waals surface area contributed by atoms with Gasteiger partial charge in [0.25, 0.3) is 0 Å². The number of rotatable bonds is 2. The SMILES string of the molecule is Brc1cc(Sc2c(Br)ccc3c2=CC2SC=CC=32)c2c(c1)=CC1SC=CC=21. The molecule has 2 heterocycles. The number of benzene rings is 2. The van der Waals surface area contributed by atoms with Crippen LogP contribution in [0.3, 0.4) is 0 Å². The minimum atomic E-state index is 0.474. The van der Waals surface area contributed by atoms with Crippen LogP contribution in [-0.4, -0.2) is 10.5 Å². The van der Waals surface area contributed by atoms with Gasteiger partial charge in [-0.05, 0) is 71.7 Å². The van der Waals surface area contributed by atoms with Crippen molar-refractivity contribution in [2.45, 2.75) is 20.3 Å². The molecule has 2 aromatic rings. The van der Waals surface area contributed by atoms with E-state index in [0.29, 0.717) is 10.5 Å². The van der Waals surface area contributed by atoms with Crippen LogP contribution in [0.15, 0.2) is 66.0 Å². The first-order chi connectivity index (χ1) is 13.2. The number of allylic oxidation sites excluding steroid dienone is 2. The predicted molar refractivity (Wildman–Crippen MR) is 128 cm³/mol. The summed E-state index contributed by atoms with van der Waals surface area (Å²) in [6.07, 6.45) is 9.37. The third kappa shape index (κ3) is 2.66. The van der Waals surface area contributed by atoms with E-state index in [4.69, 9.17) is 0 Å². The lowest BCUT2D eigenvalue weighted by Crippen LogP contribution is -2.27. The Balaban J connectivity index is 1.61. The van der Waals surface area contributed by atoms with Crippen molar-refractivity contribution in [3.8, 4) is 0 Å². The second-order valence-electron chi connectivity index (χ2n) is 6.77. The fourth-order valence-corrected chi connectivity index (χ4v) is 8.44. The maximum atomic E-state index is 3.82. The highest BCUT2D eigenvalue weighted by Gasteiger charge is 2.25. The summed E-state index contributed by atoms with van der Waals surface area (Å²) in [5.74, 6) is 0. The van der Waals surface area contributed by atoms with Gasteiger partial charge in [-0.25, -0.2) is 0 Å². The van der Waals surface area contributed by atoms with Crippen molar-refractivity contribution in [2.24, 2.45) is 0 Å². The fraction of sp³-hybridized carbons (Fsp3) is 0.0909. The minimum Gasteiger partial charge on any atom is -0.122 e. The lowest BCUT2D eigenvalue weighted by atomic mass is 10.2. The summed E-state index contributed by atoms with van der Waals surface area (Å²) in [4.78, 5) is 2.65. The van der Waals surface area contributed by atoms with Gasteiger partial charge in [-0.15, -0.1) is 23.5 Å². The Hall–Kier alpha value is -0.590. The number of thioether (sulfide) groups is 2. The molecule has 0 radical (unpaired) electrons. The first kappa shape index (κ1) is 17.3. The Bertz CT molecular complexity index is 1340. The topological polar surface area (TPSA) is 0 Å². The van der Waals surface area contributed by atoms with Crippen LogP contribution in [0.25, 0.3) is 23.3 Å². The average Bonchev–Trinajstić information content (AvgIpc) is 3.36. The van der Waals surface area contributed by atoms with Gasteiger partial charge < -0.3 is 0 Å². The van der Waals surface area contributed by atoms with Crippen molar-refractivity contribution in [1.29, 1.82) is 0 Å². The summed E-state index contributed by atoms with van der Waals surface area (Å²) >= 11 is 13.2. The zero-order valence-corrected chi connectivity index (χ0v) is 19.5. The van der Waals surface area contributed by atoms with Crippen molar-refractivity contribution in [2.75, 3.05) is 0 Å². The van der Waals surface area contributed by atoms with Gasteiger partial charge in [0.05, 0.1) is 10.5 Å². The molecule has 0 fully saturated rings. The van der Waals surface area contributed by atoms with E-state index < -0.39 is 0 Å². The first-order valence-corrected chi connectivity index (χ1v) is 12.9. The molecule has 0 saturated heterocycles. The van der Waals surface area contributed by atoms with E-state index in [1.54, 1.807) is 0 Å². The van der Waals surface area contributed by atoms with Gasteiger partial charge in [0.2, 0.25) is 0 Å². The van der Waals surface area contributed by atoms with Crippen molar-refractivity contribution < 1.29 is 0 Å². The summed E-state index contributed by atoms with van der Waals surface area (Å²) in [6, 6.07) is 8.98. The maximum absolute atomic E-state index is 3.82. The molecule has 0 saturated carbocycles. The largest absolute Gasteiger partial charge is 0.122 e. The van der Waals surface area contributed by atoms with E-state index >= 15 is 0 Å². The highest BCUT2D eigenvalue weighted by molar-refractivity contribution is 9.10. The minimum absolute atomic E-state index is 0.474. The molecule has 2 aliphatic heterocycles. The molecule has 0 N–H and O–H groups in total. The summed E-state index contributed by atoms with van der Waals surface area (Å²) in [7, 11) is 0. The van der Waals surface area contributed by atoms with Gasteiger partial charge in [0.15, 0.2) is 0 Å². The molecule has 0 spiro atoms. The molecule has 0 aromatic heterocycles. The smallest absolute Gasteiger partial charge is 0.0534 e. The summed E-state index contributed by atoms with van der Waals surface area (Å²) in [5.41, 5.74) is 2.89. The van der Waals surface area contributed by atoms with Crippen LogP contribution >= 0.6 is 67.1 Å². The molecule has 2 unspecified atom stereocenters. The second kappa shape index (κ2) is 6.46. The fourth-order valence-electron chi connectivity index (χ4n) is 4.10. The van der Waals surface area contributed by atoms with Gasteiger partial charge in [0, 0.05) is 24.0 Å². The molecule has 2 aromatic carbocycles. The van der Waals surface area contributed by atoms with Crippen molar-refractivity contribution >= 4 is 90.4 Å². The zero-order chi connectivity index (χ0) is 18.1. The van der Waals surface area contributed by atoms with Gasteiger partial charge in [-0.3, -0.25) is 0 Å². The van der Waals surface area contributed by atoms with Crippen LogP contribution in [0.2, 0.25) is 0 Å². The van der Waals surface area contributed by atoms with Crippen LogP contribution in [0.1, 0.15) is 0 Å². The maximum Gasteiger partial charge on any atom is 0.0534 e. The van der Waals surface area contributed by atoms with Gasteiger partial charge in [0.1, 0.15) is 0 Å². The molecular formula is C22H12Br2S3. The molecule has 4 aliphatic rings. The lowest BCUT2D eigenvalue weighted by Gasteiger charge is -2.09. The molecule has 2 aliphatic carbocycles. The second-order valence-corrected chi connectivity index (χ2v) is 11.7.